The highest BCUT2D eigenvalue weighted by Gasteiger charge is 2.42. The van der Waals surface area contributed by atoms with Crippen LogP contribution >= 0.6 is 0 Å². The molecular formula is C29H38N4O3. The molecule has 3 atom stereocenters. The Bertz CT molecular complexity index is 1040. The van der Waals surface area contributed by atoms with Gasteiger partial charge in [-0.15, -0.1) is 0 Å². The molecule has 0 spiro atoms. The minimum absolute atomic E-state index is 0.00824. The number of ether oxygens (including phenoxy) is 1. The molecule has 7 heteroatoms. The predicted molar refractivity (Wildman–Crippen MR) is 140 cm³/mol. The van der Waals surface area contributed by atoms with Gasteiger partial charge in [-0.25, -0.2) is 4.79 Å². The van der Waals surface area contributed by atoms with Crippen LogP contribution in [0.3, 0.4) is 0 Å². The highest BCUT2D eigenvalue weighted by Crippen LogP contribution is 2.33. The Morgan fingerprint density at radius 3 is 2.17 bits per heavy atom. The van der Waals surface area contributed by atoms with E-state index < -0.39 is 0 Å². The van der Waals surface area contributed by atoms with Gasteiger partial charge in [0.1, 0.15) is 0 Å². The number of benzene rings is 2. The molecule has 2 aromatic rings. The van der Waals surface area contributed by atoms with Gasteiger partial charge >= 0.3 is 6.03 Å². The van der Waals surface area contributed by atoms with Crippen molar-refractivity contribution in [1.29, 1.82) is 0 Å². The second kappa shape index (κ2) is 11.0. The molecule has 3 heterocycles. The predicted octanol–water partition coefficient (Wildman–Crippen LogP) is 3.48. The van der Waals surface area contributed by atoms with Crippen LogP contribution in [0.5, 0.6) is 0 Å². The number of carbonyl (C=O) groups is 2. The van der Waals surface area contributed by atoms with Crippen molar-refractivity contribution >= 4 is 11.9 Å². The van der Waals surface area contributed by atoms with Crippen LogP contribution in [0, 0.1) is 25.7 Å². The Morgan fingerprint density at radius 2 is 1.53 bits per heavy atom. The lowest BCUT2D eigenvalue weighted by Crippen LogP contribution is -2.47. The molecule has 0 radical (unpaired) electrons. The Balaban J connectivity index is 1.16. The van der Waals surface area contributed by atoms with E-state index in [1.165, 1.54) is 0 Å². The third-order valence-corrected chi connectivity index (χ3v) is 8.08. The van der Waals surface area contributed by atoms with Gasteiger partial charge < -0.3 is 24.8 Å². The molecule has 0 aromatic heterocycles. The van der Waals surface area contributed by atoms with Crippen molar-refractivity contribution in [2.24, 2.45) is 11.8 Å². The lowest BCUT2D eigenvalue weighted by molar-refractivity contribution is 0.0523. The van der Waals surface area contributed by atoms with Gasteiger partial charge in [-0.3, -0.25) is 4.79 Å². The monoisotopic (exact) mass is 490 g/mol. The fraction of sp³-hybridized carbons (Fsp3) is 0.517. The van der Waals surface area contributed by atoms with Crippen LogP contribution in [-0.2, 0) is 4.74 Å². The number of urea groups is 1. The Kier molecular flexibility index (Phi) is 7.58. The van der Waals surface area contributed by atoms with E-state index in [-0.39, 0.29) is 18.0 Å². The minimum Gasteiger partial charge on any atom is -0.378 e. The average molecular weight is 491 g/mol. The molecule has 3 amide bonds. The average Bonchev–Trinajstić information content (AvgIpc) is 3.46. The quantitative estimate of drug-likeness (QED) is 0.674. The number of carbonyl (C=O) groups excluding carboxylic acids is 2. The second-order valence-corrected chi connectivity index (χ2v) is 10.6. The number of hydrogen-bond donors (Lipinski definition) is 1. The van der Waals surface area contributed by atoms with Gasteiger partial charge in [0.05, 0.1) is 19.3 Å². The molecule has 2 aromatic carbocycles. The SMILES string of the molecule is Cc1cccc(C)c1C(=O)N1CC2CN(CC[C@H](NC(=O)N3CCOCC3)c3ccccc3)CC2C1. The maximum absolute atomic E-state index is 13.3. The molecule has 0 bridgehead atoms. The number of fused-ring (bicyclic) bond motifs is 1. The number of morpholine rings is 1. The first-order valence-corrected chi connectivity index (χ1v) is 13.3. The van der Waals surface area contributed by atoms with Crippen LogP contribution in [0.15, 0.2) is 48.5 Å². The molecular weight excluding hydrogens is 452 g/mol. The third-order valence-electron chi connectivity index (χ3n) is 8.08. The molecule has 0 aliphatic carbocycles. The minimum atomic E-state index is -0.0240. The van der Waals surface area contributed by atoms with E-state index in [1.807, 2.05) is 55.1 Å². The number of nitrogens with one attached hydrogen (secondary N) is 1. The maximum Gasteiger partial charge on any atom is 0.318 e. The first-order valence-electron chi connectivity index (χ1n) is 13.3. The third kappa shape index (κ3) is 5.42. The smallest absolute Gasteiger partial charge is 0.318 e. The van der Waals surface area contributed by atoms with Crippen molar-refractivity contribution in [3.8, 4) is 0 Å². The van der Waals surface area contributed by atoms with E-state index in [0.29, 0.717) is 38.1 Å². The molecule has 5 rings (SSSR count). The second-order valence-electron chi connectivity index (χ2n) is 10.6. The molecule has 1 N–H and O–H groups in total. The molecule has 7 nitrogen and oxygen atoms in total. The number of aryl methyl sites for hydroxylation is 2. The summed E-state index contributed by atoms with van der Waals surface area (Å²) in [5, 5.41) is 3.28. The van der Waals surface area contributed by atoms with Crippen LogP contribution in [-0.4, -0.2) is 85.7 Å². The molecule has 0 saturated carbocycles. The number of likely N-dealkylation sites (tertiary alicyclic amines) is 2. The van der Waals surface area contributed by atoms with Gasteiger partial charge in [0, 0.05) is 51.4 Å². The summed E-state index contributed by atoms with van der Waals surface area (Å²) in [6.07, 6.45) is 0.866. The number of rotatable bonds is 6. The largest absolute Gasteiger partial charge is 0.378 e. The zero-order chi connectivity index (χ0) is 25.1. The summed E-state index contributed by atoms with van der Waals surface area (Å²) >= 11 is 0. The molecule has 3 aliphatic rings. The Morgan fingerprint density at radius 1 is 0.889 bits per heavy atom. The summed E-state index contributed by atoms with van der Waals surface area (Å²) in [4.78, 5) is 32.6. The van der Waals surface area contributed by atoms with E-state index in [1.54, 1.807) is 0 Å². The van der Waals surface area contributed by atoms with E-state index in [2.05, 4.69) is 27.2 Å². The van der Waals surface area contributed by atoms with Crippen molar-refractivity contribution in [3.05, 3.63) is 70.8 Å². The fourth-order valence-electron chi connectivity index (χ4n) is 6.07. The molecule has 3 saturated heterocycles. The summed E-state index contributed by atoms with van der Waals surface area (Å²) in [6, 6.07) is 16.3. The first-order chi connectivity index (χ1) is 17.5. The van der Waals surface area contributed by atoms with Gasteiger partial charge in [-0.2, -0.15) is 0 Å². The van der Waals surface area contributed by atoms with Crippen molar-refractivity contribution in [1.82, 2.24) is 20.0 Å². The zero-order valence-corrected chi connectivity index (χ0v) is 21.5. The normalized spacial score (nSPS) is 22.9. The van der Waals surface area contributed by atoms with Crippen molar-refractivity contribution in [2.75, 3.05) is 59.0 Å². The molecule has 192 valence electrons. The van der Waals surface area contributed by atoms with Gasteiger partial charge in [-0.1, -0.05) is 48.5 Å². The highest BCUT2D eigenvalue weighted by molar-refractivity contribution is 5.97. The van der Waals surface area contributed by atoms with Gasteiger partial charge in [0.2, 0.25) is 0 Å². The van der Waals surface area contributed by atoms with Crippen LogP contribution < -0.4 is 5.32 Å². The van der Waals surface area contributed by atoms with E-state index in [9.17, 15) is 9.59 Å². The standard InChI is InChI=1S/C29H38N4O3/c1-21-7-6-8-22(2)27(21)28(34)33-19-24-17-31(18-25(24)20-33)12-11-26(23-9-4-3-5-10-23)30-29(35)32-13-15-36-16-14-32/h3-10,24-26H,11-20H2,1-2H3,(H,30,35)/t24?,25?,26-/m0/s1. The number of amides is 3. The summed E-state index contributed by atoms with van der Waals surface area (Å²) in [5.41, 5.74) is 4.13. The molecule has 2 unspecified atom stereocenters. The molecule has 3 aliphatic heterocycles. The van der Waals surface area contributed by atoms with E-state index in [4.69, 9.17) is 4.74 Å². The molecule has 3 fully saturated rings. The topological polar surface area (TPSA) is 65.1 Å². The first kappa shape index (κ1) is 24.8. The Labute approximate surface area is 214 Å². The van der Waals surface area contributed by atoms with Crippen LogP contribution in [0.2, 0.25) is 0 Å². The summed E-state index contributed by atoms with van der Waals surface area (Å²) in [5.74, 6) is 1.23. The van der Waals surface area contributed by atoms with Crippen LogP contribution in [0.4, 0.5) is 4.79 Å². The summed E-state index contributed by atoms with van der Waals surface area (Å²) < 4.78 is 5.40. The fourth-order valence-corrected chi connectivity index (χ4v) is 6.07. The lowest BCUT2D eigenvalue weighted by Gasteiger charge is -2.30. The van der Waals surface area contributed by atoms with Gasteiger partial charge in [0.15, 0.2) is 0 Å². The summed E-state index contributed by atoms with van der Waals surface area (Å²) in [6.45, 7) is 11.2. The highest BCUT2D eigenvalue weighted by atomic mass is 16.5. The number of nitrogens with zero attached hydrogens (tertiary/aromatic N) is 3. The Hall–Kier alpha value is -2.90. The molecule has 36 heavy (non-hydrogen) atoms. The maximum atomic E-state index is 13.3. The van der Waals surface area contributed by atoms with Crippen molar-refractivity contribution in [3.63, 3.8) is 0 Å². The van der Waals surface area contributed by atoms with Crippen LogP contribution in [0.1, 0.15) is 39.5 Å². The van der Waals surface area contributed by atoms with E-state index >= 15 is 0 Å². The zero-order valence-electron chi connectivity index (χ0n) is 21.5. The van der Waals surface area contributed by atoms with Gasteiger partial charge in [-0.05, 0) is 48.8 Å². The number of hydrogen-bond acceptors (Lipinski definition) is 4. The van der Waals surface area contributed by atoms with Gasteiger partial charge in [0.25, 0.3) is 5.91 Å². The van der Waals surface area contributed by atoms with E-state index in [0.717, 1.165) is 61.4 Å². The van der Waals surface area contributed by atoms with Crippen molar-refractivity contribution < 1.29 is 14.3 Å². The van der Waals surface area contributed by atoms with Crippen LogP contribution in [0.25, 0.3) is 0 Å². The lowest BCUT2D eigenvalue weighted by atomic mass is 10.0. The van der Waals surface area contributed by atoms with Crippen molar-refractivity contribution in [2.45, 2.75) is 26.3 Å². The summed E-state index contributed by atoms with van der Waals surface area (Å²) in [7, 11) is 0.